The van der Waals surface area contributed by atoms with Gasteiger partial charge in [-0.15, -0.1) is 22.7 Å². The van der Waals surface area contributed by atoms with Crippen molar-refractivity contribution < 1.29 is 19.4 Å². The van der Waals surface area contributed by atoms with Crippen molar-refractivity contribution in [3.8, 4) is 0 Å². The van der Waals surface area contributed by atoms with E-state index in [0.29, 0.717) is 57.7 Å². The smallest absolute Gasteiger partial charge is 0.348 e. The molecule has 7 nitrogen and oxygen atoms in total. The zero-order valence-electron chi connectivity index (χ0n) is 15.7. The van der Waals surface area contributed by atoms with Crippen molar-refractivity contribution in [1.29, 1.82) is 0 Å². The second kappa shape index (κ2) is 7.94. The zero-order chi connectivity index (χ0) is 20.5. The predicted octanol–water partition coefficient (Wildman–Crippen LogP) is 3.86. The van der Waals surface area contributed by atoms with Gasteiger partial charge in [-0.3, -0.25) is 4.79 Å². The molecular formula is C20H19N3O4S2. The number of aromatic carboxylic acids is 1. The van der Waals surface area contributed by atoms with Crippen LogP contribution in [0.25, 0.3) is 9.40 Å². The molecule has 29 heavy (non-hydrogen) atoms. The zero-order valence-corrected chi connectivity index (χ0v) is 17.3. The van der Waals surface area contributed by atoms with E-state index in [1.807, 2.05) is 13.0 Å². The van der Waals surface area contributed by atoms with Gasteiger partial charge in [0, 0.05) is 18.7 Å². The highest BCUT2D eigenvalue weighted by Gasteiger charge is 2.27. The number of carboxylic acid groups (broad SMARTS) is 1. The van der Waals surface area contributed by atoms with Gasteiger partial charge in [0.25, 0.3) is 0 Å². The van der Waals surface area contributed by atoms with E-state index in [1.165, 1.54) is 11.3 Å². The number of nitrogens with two attached hydrogens (primary N) is 1. The molecule has 3 aromatic rings. The van der Waals surface area contributed by atoms with E-state index < -0.39 is 5.97 Å². The monoisotopic (exact) mass is 429 g/mol. The Labute approximate surface area is 175 Å². The first-order valence-electron chi connectivity index (χ1n) is 9.03. The first-order chi connectivity index (χ1) is 14.0. The Bertz CT molecular complexity index is 1110. The van der Waals surface area contributed by atoms with E-state index in [2.05, 4.69) is 9.89 Å². The Hall–Kier alpha value is -2.75. The third-order valence-corrected chi connectivity index (χ3v) is 7.20. The molecular weight excluding hydrogens is 410 g/mol. The second-order valence-electron chi connectivity index (χ2n) is 6.55. The number of carboxylic acids is 1. The van der Waals surface area contributed by atoms with Crippen LogP contribution in [0.1, 0.15) is 31.8 Å². The highest BCUT2D eigenvalue weighted by molar-refractivity contribution is 7.40. The molecule has 0 saturated carbocycles. The van der Waals surface area contributed by atoms with E-state index in [-0.39, 0.29) is 16.3 Å². The summed E-state index contributed by atoms with van der Waals surface area (Å²) in [5, 5.41) is 10.2. The van der Waals surface area contributed by atoms with Crippen molar-refractivity contribution in [1.82, 2.24) is 4.90 Å². The second-order valence-corrected chi connectivity index (χ2v) is 8.85. The minimum Gasteiger partial charge on any atom is -0.477 e. The van der Waals surface area contributed by atoms with E-state index in [1.54, 1.807) is 24.3 Å². The minimum atomic E-state index is -1.05. The van der Waals surface area contributed by atoms with E-state index in [0.717, 1.165) is 11.3 Å². The van der Waals surface area contributed by atoms with Crippen LogP contribution in [0.2, 0.25) is 0 Å². The number of nitrogens with zero attached hydrogens (tertiary/aromatic N) is 2. The van der Waals surface area contributed by atoms with Gasteiger partial charge in [0.2, 0.25) is 5.78 Å². The molecule has 2 aromatic heterocycles. The van der Waals surface area contributed by atoms with Crippen molar-refractivity contribution >= 4 is 61.0 Å². The van der Waals surface area contributed by atoms with Crippen LogP contribution >= 0.6 is 22.7 Å². The summed E-state index contributed by atoms with van der Waals surface area (Å²) in [6, 6.07) is 8.90. The number of anilines is 1. The third kappa shape index (κ3) is 3.64. The molecule has 0 amide bonds. The molecule has 0 atom stereocenters. The molecule has 3 heterocycles. The summed E-state index contributed by atoms with van der Waals surface area (Å²) in [6.45, 7) is 4.45. The molecule has 1 fully saturated rings. The molecule has 3 N–H and O–H groups in total. The number of ketones is 1. The Kier molecular flexibility index (Phi) is 5.35. The van der Waals surface area contributed by atoms with E-state index in [9.17, 15) is 14.7 Å². The number of aliphatic imine (C=N–C) groups is 1. The largest absolute Gasteiger partial charge is 0.477 e. The SMILES string of the molecule is CC(=Nc1c(C(=O)O)sc2sc(C(=O)c3ccccc3)c(N)c12)N1CCOCC1. The number of benzene rings is 1. The molecule has 0 radical (unpaired) electrons. The van der Waals surface area contributed by atoms with Crippen molar-refractivity contribution in [3.05, 3.63) is 45.6 Å². The molecule has 0 unspecified atom stereocenters. The molecule has 1 aliphatic rings. The van der Waals surface area contributed by atoms with Crippen LogP contribution in [0.15, 0.2) is 35.3 Å². The van der Waals surface area contributed by atoms with Crippen LogP contribution in [-0.4, -0.2) is 53.9 Å². The van der Waals surface area contributed by atoms with Gasteiger partial charge < -0.3 is 20.5 Å². The van der Waals surface area contributed by atoms with Gasteiger partial charge in [-0.2, -0.15) is 0 Å². The molecule has 0 spiro atoms. The fraction of sp³-hybridized carbons (Fsp3) is 0.250. The maximum atomic E-state index is 12.9. The number of carbonyl (C=O) groups excluding carboxylic acids is 1. The lowest BCUT2D eigenvalue weighted by Gasteiger charge is -2.28. The summed E-state index contributed by atoms with van der Waals surface area (Å²) < 4.78 is 6.05. The Morgan fingerprint density at radius 3 is 2.45 bits per heavy atom. The number of carbonyl (C=O) groups is 2. The molecule has 150 valence electrons. The molecule has 0 bridgehead atoms. The molecule has 4 rings (SSSR count). The Balaban J connectivity index is 1.82. The number of morpholine rings is 1. The van der Waals surface area contributed by atoms with Gasteiger partial charge in [0.1, 0.15) is 21.3 Å². The Morgan fingerprint density at radius 2 is 1.79 bits per heavy atom. The number of nitrogen functional groups attached to an aromatic ring is 1. The van der Waals surface area contributed by atoms with Crippen molar-refractivity contribution in [2.24, 2.45) is 4.99 Å². The number of fused-ring (bicyclic) bond motifs is 1. The maximum Gasteiger partial charge on any atom is 0.348 e. The first kappa shape index (κ1) is 19.6. The quantitative estimate of drug-likeness (QED) is 0.371. The van der Waals surface area contributed by atoms with E-state index >= 15 is 0 Å². The van der Waals surface area contributed by atoms with Crippen LogP contribution in [0.3, 0.4) is 0 Å². The van der Waals surface area contributed by atoms with Gasteiger partial charge >= 0.3 is 5.97 Å². The number of thiophene rings is 2. The molecule has 1 aliphatic heterocycles. The normalized spacial score (nSPS) is 15.1. The molecule has 0 aliphatic carbocycles. The van der Waals surface area contributed by atoms with E-state index in [4.69, 9.17) is 10.5 Å². The first-order valence-corrected chi connectivity index (χ1v) is 10.7. The van der Waals surface area contributed by atoms with Gasteiger partial charge in [-0.05, 0) is 6.92 Å². The van der Waals surface area contributed by atoms with Gasteiger partial charge in [0.15, 0.2) is 0 Å². The minimum absolute atomic E-state index is 0.129. The third-order valence-electron chi connectivity index (χ3n) is 4.74. The number of hydrogen-bond donors (Lipinski definition) is 2. The standard InChI is InChI=1S/C20H19N3O4S2/c1-11(23-7-9-27-10-8-23)22-15-13-14(21)17(16(24)12-5-3-2-4-6-12)28-20(13)29-18(15)19(25)26/h2-6H,7-10,21H2,1H3,(H,25,26). The number of amidine groups is 1. The van der Waals surface area contributed by atoms with Crippen LogP contribution in [0.5, 0.6) is 0 Å². The van der Waals surface area contributed by atoms with Crippen molar-refractivity contribution in [2.75, 3.05) is 32.0 Å². The topological polar surface area (TPSA) is 105 Å². The fourth-order valence-corrected chi connectivity index (χ4v) is 5.64. The van der Waals surface area contributed by atoms with Crippen molar-refractivity contribution in [3.63, 3.8) is 0 Å². The number of hydrogen-bond acceptors (Lipinski definition) is 7. The summed E-state index contributed by atoms with van der Waals surface area (Å²) in [5.74, 6) is -0.521. The lowest BCUT2D eigenvalue weighted by molar-refractivity contribution is 0.0677. The Morgan fingerprint density at radius 1 is 1.14 bits per heavy atom. The maximum absolute atomic E-state index is 12.9. The van der Waals surface area contributed by atoms with Crippen molar-refractivity contribution in [2.45, 2.75) is 6.92 Å². The summed E-state index contributed by atoms with van der Waals surface area (Å²) in [5.41, 5.74) is 7.50. The summed E-state index contributed by atoms with van der Waals surface area (Å²) >= 11 is 2.32. The summed E-state index contributed by atoms with van der Waals surface area (Å²) in [6.07, 6.45) is 0. The van der Waals surface area contributed by atoms with Gasteiger partial charge in [-0.25, -0.2) is 9.79 Å². The average molecular weight is 430 g/mol. The lowest BCUT2D eigenvalue weighted by atomic mass is 10.1. The summed E-state index contributed by atoms with van der Waals surface area (Å²) in [4.78, 5) is 31.9. The van der Waals surface area contributed by atoms with Gasteiger partial charge in [0.05, 0.1) is 28.3 Å². The summed E-state index contributed by atoms with van der Waals surface area (Å²) in [7, 11) is 0. The fourth-order valence-electron chi connectivity index (χ4n) is 3.23. The predicted molar refractivity (Wildman–Crippen MR) is 116 cm³/mol. The number of rotatable bonds is 4. The highest BCUT2D eigenvalue weighted by atomic mass is 32.2. The lowest BCUT2D eigenvalue weighted by Crippen LogP contribution is -2.39. The van der Waals surface area contributed by atoms with Crippen LogP contribution in [0, 0.1) is 0 Å². The average Bonchev–Trinajstić information content (AvgIpc) is 3.26. The van der Waals surface area contributed by atoms with Crippen LogP contribution in [-0.2, 0) is 4.74 Å². The number of ether oxygens (including phenoxy) is 1. The van der Waals surface area contributed by atoms with Crippen LogP contribution < -0.4 is 5.73 Å². The highest BCUT2D eigenvalue weighted by Crippen LogP contribution is 2.48. The molecule has 1 aromatic carbocycles. The molecule has 9 heteroatoms. The van der Waals surface area contributed by atoms with Crippen LogP contribution in [0.4, 0.5) is 11.4 Å². The van der Waals surface area contributed by atoms with Gasteiger partial charge in [-0.1, -0.05) is 30.3 Å². The molecule has 1 saturated heterocycles.